The van der Waals surface area contributed by atoms with E-state index >= 15 is 0 Å². The molecule has 1 amide bonds. The third-order valence-electron chi connectivity index (χ3n) is 3.16. The van der Waals surface area contributed by atoms with Crippen LogP contribution in [-0.2, 0) is 4.79 Å². The second kappa shape index (κ2) is 7.63. The summed E-state index contributed by atoms with van der Waals surface area (Å²) < 4.78 is 0. The van der Waals surface area contributed by atoms with E-state index in [4.69, 9.17) is 0 Å². The van der Waals surface area contributed by atoms with Gasteiger partial charge < -0.3 is 15.5 Å². The second-order valence-corrected chi connectivity index (χ2v) is 4.47. The van der Waals surface area contributed by atoms with Crippen LogP contribution in [0.15, 0.2) is 0 Å². The zero-order valence-corrected chi connectivity index (χ0v) is 10.6. The Bertz CT molecular complexity index is 206. The summed E-state index contributed by atoms with van der Waals surface area (Å²) in [5, 5.41) is 6.17. The normalized spacial score (nSPS) is 22.0. The second-order valence-electron chi connectivity index (χ2n) is 4.47. The summed E-state index contributed by atoms with van der Waals surface area (Å²) in [5.41, 5.74) is 0. The molecule has 1 unspecified atom stereocenters. The fourth-order valence-corrected chi connectivity index (χ4v) is 2.30. The van der Waals surface area contributed by atoms with Gasteiger partial charge in [0.15, 0.2) is 0 Å². The van der Waals surface area contributed by atoms with Gasteiger partial charge in [-0.2, -0.15) is 0 Å². The van der Waals surface area contributed by atoms with Crippen LogP contribution in [0.5, 0.6) is 0 Å². The molecule has 1 rings (SSSR count). The third kappa shape index (κ3) is 4.94. The van der Waals surface area contributed by atoms with Gasteiger partial charge in [0.05, 0.1) is 0 Å². The molecule has 0 radical (unpaired) electrons. The smallest absolute Gasteiger partial charge is 0.219 e. The first-order valence-electron chi connectivity index (χ1n) is 6.42. The van der Waals surface area contributed by atoms with Crippen molar-refractivity contribution in [1.29, 1.82) is 0 Å². The van der Waals surface area contributed by atoms with Crippen LogP contribution in [0.3, 0.4) is 0 Å². The van der Waals surface area contributed by atoms with Gasteiger partial charge in [-0.1, -0.05) is 6.92 Å². The number of rotatable bonds is 6. The number of nitrogens with one attached hydrogen (secondary N) is 2. The first-order chi connectivity index (χ1) is 7.76. The molecule has 0 bridgehead atoms. The lowest BCUT2D eigenvalue weighted by Crippen LogP contribution is -2.45. The molecular formula is C12H25N3O. The Morgan fingerprint density at radius 2 is 2.31 bits per heavy atom. The third-order valence-corrected chi connectivity index (χ3v) is 3.16. The van der Waals surface area contributed by atoms with Gasteiger partial charge in [0.25, 0.3) is 0 Å². The van der Waals surface area contributed by atoms with E-state index in [0.29, 0.717) is 12.5 Å². The van der Waals surface area contributed by atoms with Crippen molar-refractivity contribution in [2.24, 2.45) is 0 Å². The van der Waals surface area contributed by atoms with Gasteiger partial charge in [0, 0.05) is 26.1 Å². The Balaban J connectivity index is 2.14. The minimum atomic E-state index is 0.153. The van der Waals surface area contributed by atoms with Gasteiger partial charge in [0.1, 0.15) is 0 Å². The van der Waals surface area contributed by atoms with Crippen LogP contribution in [0, 0.1) is 0 Å². The van der Waals surface area contributed by atoms with Gasteiger partial charge in [-0.25, -0.2) is 0 Å². The lowest BCUT2D eigenvalue weighted by molar-refractivity contribution is -0.120. The first-order valence-corrected chi connectivity index (χ1v) is 6.42. The van der Waals surface area contributed by atoms with Crippen molar-refractivity contribution in [3.63, 3.8) is 0 Å². The molecule has 0 aliphatic carbocycles. The van der Waals surface area contributed by atoms with E-state index < -0.39 is 0 Å². The van der Waals surface area contributed by atoms with Crippen LogP contribution in [0.4, 0.5) is 0 Å². The molecule has 0 aromatic heterocycles. The number of amides is 1. The van der Waals surface area contributed by atoms with Gasteiger partial charge >= 0.3 is 0 Å². The van der Waals surface area contributed by atoms with Crippen molar-refractivity contribution in [3.8, 4) is 0 Å². The predicted octanol–water partition coefficient (Wildman–Crippen LogP) is 0.587. The molecule has 16 heavy (non-hydrogen) atoms. The Labute approximate surface area is 98.8 Å². The average Bonchev–Trinajstić information content (AvgIpc) is 2.30. The van der Waals surface area contributed by atoms with E-state index in [0.717, 1.165) is 26.1 Å². The van der Waals surface area contributed by atoms with E-state index in [9.17, 15) is 4.79 Å². The SMILES string of the molecule is CCNC1CCCN(CCCC(=O)NC)C1. The molecule has 1 saturated heterocycles. The van der Waals surface area contributed by atoms with Crippen LogP contribution < -0.4 is 10.6 Å². The molecule has 1 fully saturated rings. The summed E-state index contributed by atoms with van der Waals surface area (Å²) >= 11 is 0. The van der Waals surface area contributed by atoms with Crippen LogP contribution in [0.2, 0.25) is 0 Å². The van der Waals surface area contributed by atoms with Crippen LogP contribution in [-0.4, -0.2) is 50.1 Å². The van der Waals surface area contributed by atoms with Crippen molar-refractivity contribution in [1.82, 2.24) is 15.5 Å². The monoisotopic (exact) mass is 227 g/mol. The number of nitrogens with zero attached hydrogens (tertiary/aromatic N) is 1. The van der Waals surface area contributed by atoms with Crippen molar-refractivity contribution in [2.45, 2.75) is 38.6 Å². The minimum Gasteiger partial charge on any atom is -0.359 e. The zero-order valence-electron chi connectivity index (χ0n) is 10.6. The highest BCUT2D eigenvalue weighted by atomic mass is 16.1. The molecule has 0 saturated carbocycles. The number of likely N-dealkylation sites (tertiary alicyclic amines) is 1. The van der Waals surface area contributed by atoms with E-state index in [1.165, 1.54) is 19.4 Å². The first kappa shape index (κ1) is 13.5. The van der Waals surface area contributed by atoms with E-state index in [2.05, 4.69) is 22.5 Å². The van der Waals surface area contributed by atoms with E-state index in [1.807, 2.05) is 0 Å². The number of hydrogen-bond acceptors (Lipinski definition) is 3. The molecule has 2 N–H and O–H groups in total. The fourth-order valence-electron chi connectivity index (χ4n) is 2.30. The van der Waals surface area contributed by atoms with Crippen molar-refractivity contribution < 1.29 is 4.79 Å². The van der Waals surface area contributed by atoms with Crippen LogP contribution in [0.25, 0.3) is 0 Å². The highest BCUT2D eigenvalue weighted by Gasteiger charge is 2.18. The highest BCUT2D eigenvalue weighted by Crippen LogP contribution is 2.10. The fraction of sp³-hybridized carbons (Fsp3) is 0.917. The maximum absolute atomic E-state index is 11.1. The average molecular weight is 227 g/mol. The maximum atomic E-state index is 11.1. The van der Waals surface area contributed by atoms with Crippen LogP contribution >= 0.6 is 0 Å². The Kier molecular flexibility index (Phi) is 6.42. The Hall–Kier alpha value is -0.610. The molecule has 1 atom stereocenters. The lowest BCUT2D eigenvalue weighted by Gasteiger charge is -2.33. The molecule has 0 spiro atoms. The van der Waals surface area contributed by atoms with Gasteiger partial charge in [-0.3, -0.25) is 4.79 Å². The molecule has 1 aliphatic rings. The zero-order chi connectivity index (χ0) is 11.8. The summed E-state index contributed by atoms with van der Waals surface area (Å²) in [4.78, 5) is 13.6. The highest BCUT2D eigenvalue weighted by molar-refractivity contribution is 5.75. The predicted molar refractivity (Wildman–Crippen MR) is 66.4 cm³/mol. The number of hydrogen-bond donors (Lipinski definition) is 2. The maximum Gasteiger partial charge on any atom is 0.219 e. The summed E-state index contributed by atoms with van der Waals surface area (Å²) in [6.45, 7) is 6.59. The van der Waals surface area contributed by atoms with Crippen molar-refractivity contribution in [3.05, 3.63) is 0 Å². The molecule has 94 valence electrons. The molecular weight excluding hydrogens is 202 g/mol. The largest absolute Gasteiger partial charge is 0.359 e. The lowest BCUT2D eigenvalue weighted by atomic mass is 10.1. The summed E-state index contributed by atoms with van der Waals surface area (Å²) in [7, 11) is 1.70. The van der Waals surface area contributed by atoms with Crippen molar-refractivity contribution in [2.75, 3.05) is 33.2 Å². The molecule has 1 heterocycles. The number of carbonyl (C=O) groups excluding carboxylic acids is 1. The quantitative estimate of drug-likeness (QED) is 0.698. The van der Waals surface area contributed by atoms with Gasteiger partial charge in [-0.15, -0.1) is 0 Å². The van der Waals surface area contributed by atoms with E-state index in [1.54, 1.807) is 7.05 Å². The number of likely N-dealkylation sites (N-methyl/N-ethyl adjacent to an activating group) is 1. The summed E-state index contributed by atoms with van der Waals surface area (Å²) in [6, 6.07) is 0.652. The number of piperidine rings is 1. The van der Waals surface area contributed by atoms with Crippen molar-refractivity contribution >= 4 is 5.91 Å². The molecule has 1 aliphatic heterocycles. The summed E-state index contributed by atoms with van der Waals surface area (Å²) in [6.07, 6.45) is 4.19. The molecule has 0 aromatic rings. The molecule has 4 heteroatoms. The Morgan fingerprint density at radius 1 is 1.50 bits per heavy atom. The topological polar surface area (TPSA) is 44.4 Å². The van der Waals surface area contributed by atoms with Crippen LogP contribution in [0.1, 0.15) is 32.6 Å². The summed E-state index contributed by atoms with van der Waals surface area (Å²) in [5.74, 6) is 0.153. The van der Waals surface area contributed by atoms with E-state index in [-0.39, 0.29) is 5.91 Å². The van der Waals surface area contributed by atoms with Gasteiger partial charge in [0.2, 0.25) is 5.91 Å². The Morgan fingerprint density at radius 3 is 3.00 bits per heavy atom. The molecule has 4 nitrogen and oxygen atoms in total. The number of carbonyl (C=O) groups is 1. The molecule has 0 aromatic carbocycles. The standard InChI is InChI=1S/C12H25N3O/c1-3-14-11-6-4-8-15(10-11)9-5-7-12(16)13-2/h11,14H,3-10H2,1-2H3,(H,13,16). The van der Waals surface area contributed by atoms with Gasteiger partial charge in [-0.05, 0) is 38.9 Å². The minimum absolute atomic E-state index is 0.153.